The summed E-state index contributed by atoms with van der Waals surface area (Å²) in [6, 6.07) is 11.2. The van der Waals surface area contributed by atoms with Crippen molar-refractivity contribution in [2.45, 2.75) is 43.4 Å². The highest BCUT2D eigenvalue weighted by Gasteiger charge is 2.33. The van der Waals surface area contributed by atoms with E-state index in [1.807, 2.05) is 30.3 Å². The molecule has 9 heteroatoms. The number of nitrogens with zero attached hydrogens (tertiary/aromatic N) is 3. The molecule has 1 fully saturated rings. The van der Waals surface area contributed by atoms with Crippen molar-refractivity contribution in [2.24, 2.45) is 0 Å². The van der Waals surface area contributed by atoms with Gasteiger partial charge in [-0.15, -0.1) is 0 Å². The van der Waals surface area contributed by atoms with Crippen LogP contribution >= 0.6 is 15.9 Å². The number of hydrogen-bond donors (Lipinski definition) is 0. The molecule has 2 aromatic carbocycles. The number of benzene rings is 2. The molecule has 2 aliphatic rings. The lowest BCUT2D eigenvalue weighted by Gasteiger charge is -2.37. The summed E-state index contributed by atoms with van der Waals surface area (Å²) in [5.41, 5.74) is 4.03. The molecule has 0 unspecified atom stereocenters. The molecule has 1 amide bonds. The normalized spacial score (nSPS) is 18.2. The van der Waals surface area contributed by atoms with Gasteiger partial charge in [0.1, 0.15) is 0 Å². The number of piperidine rings is 1. The number of carbonyl (C=O) groups excluding carboxylic acids is 1. The Morgan fingerprint density at radius 3 is 2.58 bits per heavy atom. The zero-order valence-electron chi connectivity index (χ0n) is 19.0. The van der Waals surface area contributed by atoms with Crippen LogP contribution in [0, 0.1) is 0 Å². The van der Waals surface area contributed by atoms with E-state index in [1.165, 1.54) is 5.56 Å². The molecule has 1 saturated heterocycles. The predicted molar refractivity (Wildman–Crippen MR) is 132 cm³/mol. The molecule has 0 aliphatic carbocycles. The fourth-order valence-electron chi connectivity index (χ4n) is 4.76. The summed E-state index contributed by atoms with van der Waals surface area (Å²) < 4.78 is 34.5. The Labute approximate surface area is 204 Å². The van der Waals surface area contributed by atoms with Gasteiger partial charge in [0.25, 0.3) is 0 Å². The molecule has 2 heterocycles. The fraction of sp³-hybridized carbons (Fsp3) is 0.458. The number of halogens is 1. The number of sulfonamides is 1. The minimum atomic E-state index is -3.57. The number of anilines is 1. The van der Waals surface area contributed by atoms with Crippen molar-refractivity contribution in [3.63, 3.8) is 0 Å². The standard InChI is InChI=1S/C24H30BrN3O4S/c1-26-10-7-18-3-5-23(14-19(18)15-26)33(30,31)27-11-8-22(9-12-27)28(17-29)24-6-4-21(25)13-20(24)16-32-2/h3-6,13-14,17,22H,7-12,15-16H2,1-2H3. The molecule has 0 bridgehead atoms. The van der Waals surface area contributed by atoms with Crippen molar-refractivity contribution in [3.8, 4) is 0 Å². The molecule has 33 heavy (non-hydrogen) atoms. The Balaban J connectivity index is 1.49. The van der Waals surface area contributed by atoms with E-state index in [-0.39, 0.29) is 6.04 Å². The van der Waals surface area contributed by atoms with E-state index < -0.39 is 10.0 Å². The molecule has 0 spiro atoms. The number of carbonyl (C=O) groups is 1. The van der Waals surface area contributed by atoms with Crippen molar-refractivity contribution in [2.75, 3.05) is 38.7 Å². The van der Waals surface area contributed by atoms with E-state index in [4.69, 9.17) is 4.74 Å². The summed E-state index contributed by atoms with van der Waals surface area (Å²) in [6.45, 7) is 2.91. The van der Waals surface area contributed by atoms with Crippen molar-refractivity contribution >= 4 is 38.1 Å². The van der Waals surface area contributed by atoms with E-state index >= 15 is 0 Å². The molecule has 7 nitrogen and oxygen atoms in total. The number of likely N-dealkylation sites (N-methyl/N-ethyl adjacent to an activating group) is 1. The van der Waals surface area contributed by atoms with Crippen LogP contribution in [-0.2, 0) is 39.1 Å². The summed E-state index contributed by atoms with van der Waals surface area (Å²) >= 11 is 3.47. The van der Waals surface area contributed by atoms with Crippen molar-refractivity contribution in [3.05, 3.63) is 57.6 Å². The Morgan fingerprint density at radius 2 is 1.88 bits per heavy atom. The molecular weight excluding hydrogens is 506 g/mol. The van der Waals surface area contributed by atoms with Gasteiger partial charge in [-0.1, -0.05) is 22.0 Å². The predicted octanol–water partition coefficient (Wildman–Crippen LogP) is 3.40. The third-order valence-electron chi connectivity index (χ3n) is 6.57. The number of amides is 1. The van der Waals surface area contributed by atoms with E-state index in [0.29, 0.717) is 37.4 Å². The molecule has 2 aromatic rings. The lowest BCUT2D eigenvalue weighted by Crippen LogP contribution is -2.46. The number of hydrogen-bond acceptors (Lipinski definition) is 5. The molecule has 178 valence electrons. The second-order valence-electron chi connectivity index (χ2n) is 8.77. The number of rotatable bonds is 7. The summed E-state index contributed by atoms with van der Waals surface area (Å²) in [6.07, 6.45) is 2.94. The smallest absolute Gasteiger partial charge is 0.243 e. The van der Waals surface area contributed by atoms with E-state index in [1.54, 1.807) is 22.4 Å². The summed E-state index contributed by atoms with van der Waals surface area (Å²) in [7, 11) is 0.102. The van der Waals surface area contributed by atoms with Crippen molar-refractivity contribution in [1.82, 2.24) is 9.21 Å². The Morgan fingerprint density at radius 1 is 1.12 bits per heavy atom. The van der Waals surface area contributed by atoms with E-state index in [0.717, 1.165) is 47.2 Å². The van der Waals surface area contributed by atoms with Gasteiger partial charge < -0.3 is 14.5 Å². The SMILES string of the molecule is COCc1cc(Br)ccc1N(C=O)C1CCN(S(=O)(=O)c2ccc3c(c2)CN(C)CC3)CC1. The monoisotopic (exact) mass is 535 g/mol. The van der Waals surface area contributed by atoms with Crippen LogP contribution in [0.25, 0.3) is 0 Å². The molecule has 4 rings (SSSR count). The maximum Gasteiger partial charge on any atom is 0.243 e. The molecule has 0 atom stereocenters. The Hall–Kier alpha value is -1.78. The van der Waals surface area contributed by atoms with Gasteiger partial charge >= 0.3 is 0 Å². The average molecular weight is 536 g/mol. The zero-order valence-corrected chi connectivity index (χ0v) is 21.4. The molecule has 0 saturated carbocycles. The summed E-state index contributed by atoms with van der Waals surface area (Å²) in [4.78, 5) is 16.3. The molecular formula is C24H30BrN3O4S. The van der Waals surface area contributed by atoms with Gasteiger partial charge in [-0.05, 0) is 67.8 Å². The van der Waals surface area contributed by atoms with Gasteiger partial charge in [-0.3, -0.25) is 4.79 Å². The zero-order chi connectivity index (χ0) is 23.6. The highest BCUT2D eigenvalue weighted by Crippen LogP contribution is 2.31. The molecule has 0 radical (unpaired) electrons. The first kappa shape index (κ1) is 24.3. The van der Waals surface area contributed by atoms with Gasteiger partial charge in [0.2, 0.25) is 16.4 Å². The third-order valence-corrected chi connectivity index (χ3v) is 8.96. The van der Waals surface area contributed by atoms with Gasteiger partial charge in [0.05, 0.1) is 11.5 Å². The minimum absolute atomic E-state index is 0.0667. The molecule has 2 aliphatic heterocycles. The van der Waals surface area contributed by atoms with Crippen LogP contribution in [0.4, 0.5) is 5.69 Å². The largest absolute Gasteiger partial charge is 0.380 e. The Kier molecular flexibility index (Phi) is 7.55. The van der Waals surface area contributed by atoms with Gasteiger partial charge in [0, 0.05) is 55.1 Å². The van der Waals surface area contributed by atoms with Crippen LogP contribution in [0.5, 0.6) is 0 Å². The maximum absolute atomic E-state index is 13.4. The van der Waals surface area contributed by atoms with Crippen LogP contribution < -0.4 is 4.90 Å². The minimum Gasteiger partial charge on any atom is -0.380 e. The third kappa shape index (κ3) is 5.17. The Bertz CT molecular complexity index is 1120. The summed E-state index contributed by atoms with van der Waals surface area (Å²) in [5, 5.41) is 0. The number of methoxy groups -OCH3 is 1. The lowest BCUT2D eigenvalue weighted by molar-refractivity contribution is -0.108. The highest BCUT2D eigenvalue weighted by molar-refractivity contribution is 9.10. The maximum atomic E-state index is 13.4. The van der Waals surface area contributed by atoms with E-state index in [2.05, 4.69) is 27.9 Å². The second-order valence-corrected chi connectivity index (χ2v) is 11.6. The quantitative estimate of drug-likeness (QED) is 0.508. The molecule has 0 aromatic heterocycles. The highest BCUT2D eigenvalue weighted by atomic mass is 79.9. The van der Waals surface area contributed by atoms with E-state index in [9.17, 15) is 13.2 Å². The second kappa shape index (κ2) is 10.2. The van der Waals surface area contributed by atoms with Crippen LogP contribution in [0.3, 0.4) is 0 Å². The van der Waals surface area contributed by atoms with Crippen LogP contribution in [0.15, 0.2) is 45.8 Å². The first-order valence-corrected chi connectivity index (χ1v) is 13.4. The first-order valence-electron chi connectivity index (χ1n) is 11.1. The first-order chi connectivity index (χ1) is 15.8. The lowest BCUT2D eigenvalue weighted by atomic mass is 10.0. The summed E-state index contributed by atoms with van der Waals surface area (Å²) in [5.74, 6) is 0. The van der Waals surface area contributed by atoms with Crippen LogP contribution in [-0.4, -0.2) is 63.9 Å². The van der Waals surface area contributed by atoms with Gasteiger partial charge in [0.15, 0.2) is 0 Å². The van der Waals surface area contributed by atoms with Gasteiger partial charge in [-0.2, -0.15) is 4.31 Å². The van der Waals surface area contributed by atoms with Crippen molar-refractivity contribution in [1.29, 1.82) is 0 Å². The molecule has 0 N–H and O–H groups in total. The van der Waals surface area contributed by atoms with Gasteiger partial charge in [-0.25, -0.2) is 8.42 Å². The average Bonchev–Trinajstić information content (AvgIpc) is 2.81. The van der Waals surface area contributed by atoms with Crippen LogP contribution in [0.2, 0.25) is 0 Å². The van der Waals surface area contributed by atoms with Crippen LogP contribution in [0.1, 0.15) is 29.5 Å². The number of fused-ring (bicyclic) bond motifs is 1. The van der Waals surface area contributed by atoms with Crippen molar-refractivity contribution < 1.29 is 17.9 Å². The topological polar surface area (TPSA) is 70.2 Å². The number of ether oxygens (including phenoxy) is 1. The fourth-order valence-corrected chi connectivity index (χ4v) is 6.69.